The molecular formula is C17H18N4O. The number of hydrogen-bond donors (Lipinski definition) is 0. The van der Waals surface area contributed by atoms with E-state index in [1.807, 2.05) is 50.2 Å². The molecule has 1 atom stereocenters. The van der Waals surface area contributed by atoms with E-state index < -0.39 is 0 Å². The molecule has 0 fully saturated rings. The Morgan fingerprint density at radius 3 is 2.14 bits per heavy atom. The van der Waals surface area contributed by atoms with E-state index in [9.17, 15) is 0 Å². The van der Waals surface area contributed by atoms with Gasteiger partial charge >= 0.3 is 0 Å². The minimum atomic E-state index is 0.0948. The van der Waals surface area contributed by atoms with Crippen molar-refractivity contribution in [3.05, 3.63) is 54.7 Å². The smallest absolute Gasteiger partial charge is 0.244 e. The van der Waals surface area contributed by atoms with Crippen LogP contribution in [0.25, 0.3) is 22.5 Å². The average Bonchev–Trinajstić information content (AvgIpc) is 3.05. The zero-order chi connectivity index (χ0) is 15.5. The second-order valence-electron chi connectivity index (χ2n) is 5.41. The number of benzene rings is 1. The van der Waals surface area contributed by atoms with Gasteiger partial charge in [-0.05, 0) is 44.3 Å². The molecular weight excluding hydrogens is 276 g/mol. The van der Waals surface area contributed by atoms with Crippen molar-refractivity contribution in [2.24, 2.45) is 0 Å². The highest BCUT2D eigenvalue weighted by Crippen LogP contribution is 2.24. The van der Waals surface area contributed by atoms with Crippen molar-refractivity contribution in [3.63, 3.8) is 0 Å². The molecule has 0 aliphatic rings. The van der Waals surface area contributed by atoms with E-state index in [-0.39, 0.29) is 6.04 Å². The van der Waals surface area contributed by atoms with Crippen molar-refractivity contribution in [1.82, 2.24) is 20.0 Å². The molecule has 0 saturated carbocycles. The number of aromatic nitrogens is 3. The lowest BCUT2D eigenvalue weighted by atomic mass is 10.1. The van der Waals surface area contributed by atoms with Gasteiger partial charge in [0, 0.05) is 18.0 Å². The van der Waals surface area contributed by atoms with E-state index in [1.54, 1.807) is 12.4 Å². The monoisotopic (exact) mass is 294 g/mol. The van der Waals surface area contributed by atoms with Gasteiger partial charge < -0.3 is 4.52 Å². The Morgan fingerprint density at radius 1 is 0.909 bits per heavy atom. The second-order valence-corrected chi connectivity index (χ2v) is 5.41. The van der Waals surface area contributed by atoms with Crippen molar-refractivity contribution >= 4 is 0 Å². The fraction of sp³-hybridized carbons (Fsp3) is 0.235. The third-order valence-electron chi connectivity index (χ3n) is 3.73. The maximum atomic E-state index is 5.35. The summed E-state index contributed by atoms with van der Waals surface area (Å²) in [5, 5.41) is 4.07. The first kappa shape index (κ1) is 14.4. The molecule has 0 bridgehead atoms. The van der Waals surface area contributed by atoms with E-state index in [2.05, 4.69) is 27.3 Å². The van der Waals surface area contributed by atoms with Gasteiger partial charge in [-0.2, -0.15) is 4.98 Å². The number of hydrogen-bond acceptors (Lipinski definition) is 5. The summed E-state index contributed by atoms with van der Waals surface area (Å²) in [4.78, 5) is 10.5. The molecule has 3 rings (SSSR count). The predicted octanol–water partition coefficient (Wildman–Crippen LogP) is 3.42. The van der Waals surface area contributed by atoms with Crippen LogP contribution in [0.15, 0.2) is 53.3 Å². The quantitative estimate of drug-likeness (QED) is 0.738. The molecule has 0 aliphatic heterocycles. The van der Waals surface area contributed by atoms with E-state index in [4.69, 9.17) is 4.52 Å². The molecule has 0 amide bonds. The lowest BCUT2D eigenvalue weighted by Crippen LogP contribution is -2.16. The summed E-state index contributed by atoms with van der Waals surface area (Å²) in [6, 6.07) is 12.2. The van der Waals surface area contributed by atoms with Gasteiger partial charge in [-0.25, -0.2) is 0 Å². The summed E-state index contributed by atoms with van der Waals surface area (Å²) in [7, 11) is 3.97. The largest absolute Gasteiger partial charge is 0.337 e. The highest BCUT2D eigenvalue weighted by molar-refractivity contribution is 5.67. The molecule has 5 heteroatoms. The Bertz CT molecular complexity index is 735. The van der Waals surface area contributed by atoms with Gasteiger partial charge in [-0.3, -0.25) is 9.88 Å². The molecule has 1 aromatic carbocycles. The van der Waals surface area contributed by atoms with Crippen LogP contribution in [0.4, 0.5) is 0 Å². The molecule has 0 radical (unpaired) electrons. The van der Waals surface area contributed by atoms with Gasteiger partial charge in [-0.1, -0.05) is 29.4 Å². The minimum absolute atomic E-state index is 0.0948. The lowest BCUT2D eigenvalue weighted by Gasteiger charge is -2.14. The van der Waals surface area contributed by atoms with Crippen molar-refractivity contribution < 1.29 is 4.52 Å². The van der Waals surface area contributed by atoms with Crippen LogP contribution in [0.3, 0.4) is 0 Å². The van der Waals surface area contributed by atoms with Gasteiger partial charge in [0.1, 0.15) is 0 Å². The van der Waals surface area contributed by atoms with E-state index in [1.165, 1.54) is 0 Å². The van der Waals surface area contributed by atoms with Gasteiger partial charge in [-0.15, -0.1) is 0 Å². The molecule has 3 aromatic rings. The van der Waals surface area contributed by atoms with Crippen LogP contribution in [0.2, 0.25) is 0 Å². The summed E-state index contributed by atoms with van der Waals surface area (Å²) in [6.45, 7) is 2.03. The number of pyridine rings is 1. The molecule has 2 aromatic heterocycles. The maximum Gasteiger partial charge on any atom is 0.244 e. The Morgan fingerprint density at radius 2 is 1.50 bits per heavy atom. The van der Waals surface area contributed by atoms with E-state index >= 15 is 0 Å². The molecule has 0 N–H and O–H groups in total. The Kier molecular flexibility index (Phi) is 3.98. The molecule has 2 heterocycles. The molecule has 22 heavy (non-hydrogen) atoms. The summed E-state index contributed by atoms with van der Waals surface area (Å²) < 4.78 is 5.35. The highest BCUT2D eigenvalue weighted by Gasteiger charge is 2.16. The second kappa shape index (κ2) is 6.07. The molecule has 0 saturated heterocycles. The van der Waals surface area contributed by atoms with E-state index in [0.29, 0.717) is 11.7 Å². The topological polar surface area (TPSA) is 55.1 Å². The van der Waals surface area contributed by atoms with Crippen LogP contribution in [-0.2, 0) is 0 Å². The number of rotatable bonds is 4. The Labute approximate surface area is 129 Å². The predicted molar refractivity (Wildman–Crippen MR) is 85.1 cm³/mol. The van der Waals surface area contributed by atoms with Crippen LogP contribution in [0, 0.1) is 0 Å². The van der Waals surface area contributed by atoms with Gasteiger partial charge in [0.2, 0.25) is 11.7 Å². The van der Waals surface area contributed by atoms with Crippen LogP contribution < -0.4 is 0 Å². The summed E-state index contributed by atoms with van der Waals surface area (Å²) in [5.74, 6) is 1.24. The Hall–Kier alpha value is -2.53. The molecule has 112 valence electrons. The minimum Gasteiger partial charge on any atom is -0.337 e. The Balaban J connectivity index is 1.84. The summed E-state index contributed by atoms with van der Waals surface area (Å²) in [6.07, 6.45) is 3.58. The van der Waals surface area contributed by atoms with Crippen molar-refractivity contribution in [1.29, 1.82) is 0 Å². The third-order valence-corrected chi connectivity index (χ3v) is 3.73. The SMILES string of the molecule is CC(c1nc(-c2ccc(-c3ccncc3)cc2)no1)N(C)C. The van der Waals surface area contributed by atoms with E-state index in [0.717, 1.165) is 16.7 Å². The molecule has 5 nitrogen and oxygen atoms in total. The van der Waals surface area contributed by atoms with Crippen LogP contribution in [-0.4, -0.2) is 34.1 Å². The lowest BCUT2D eigenvalue weighted by molar-refractivity contribution is 0.245. The first-order valence-electron chi connectivity index (χ1n) is 7.16. The average molecular weight is 294 g/mol. The molecule has 0 aliphatic carbocycles. The molecule has 0 spiro atoms. The van der Waals surface area contributed by atoms with Crippen LogP contribution in [0.5, 0.6) is 0 Å². The van der Waals surface area contributed by atoms with Gasteiger partial charge in [0.05, 0.1) is 6.04 Å². The summed E-state index contributed by atoms with van der Waals surface area (Å²) >= 11 is 0. The maximum absolute atomic E-state index is 5.35. The third kappa shape index (κ3) is 2.89. The fourth-order valence-electron chi connectivity index (χ4n) is 2.10. The fourth-order valence-corrected chi connectivity index (χ4v) is 2.10. The highest BCUT2D eigenvalue weighted by atomic mass is 16.5. The summed E-state index contributed by atoms with van der Waals surface area (Å²) in [5.41, 5.74) is 3.21. The number of nitrogens with zero attached hydrogens (tertiary/aromatic N) is 4. The zero-order valence-electron chi connectivity index (χ0n) is 12.9. The standard InChI is InChI=1S/C17H18N4O/c1-12(21(2)3)17-19-16(20-22-17)15-6-4-13(5-7-15)14-8-10-18-11-9-14/h4-12H,1-3H3. The normalized spacial score (nSPS) is 12.5. The zero-order valence-corrected chi connectivity index (χ0v) is 12.9. The van der Waals surface area contributed by atoms with Crippen molar-refractivity contribution in [2.75, 3.05) is 14.1 Å². The van der Waals surface area contributed by atoms with Gasteiger partial charge in [0.15, 0.2) is 0 Å². The first-order chi connectivity index (χ1) is 10.6. The van der Waals surface area contributed by atoms with Crippen molar-refractivity contribution in [2.45, 2.75) is 13.0 Å². The molecule has 1 unspecified atom stereocenters. The van der Waals surface area contributed by atoms with Crippen molar-refractivity contribution in [3.8, 4) is 22.5 Å². The van der Waals surface area contributed by atoms with Crippen LogP contribution >= 0.6 is 0 Å². The van der Waals surface area contributed by atoms with Crippen LogP contribution in [0.1, 0.15) is 18.9 Å². The first-order valence-corrected chi connectivity index (χ1v) is 7.16. The van der Waals surface area contributed by atoms with Gasteiger partial charge in [0.25, 0.3) is 0 Å².